The largest absolute Gasteiger partial charge is 0.370 e. The number of hydrogen-bond acceptors (Lipinski definition) is 5. The lowest BCUT2D eigenvalue weighted by Crippen LogP contribution is -2.44. The van der Waals surface area contributed by atoms with Gasteiger partial charge in [-0.15, -0.1) is 0 Å². The van der Waals surface area contributed by atoms with Gasteiger partial charge in [-0.25, -0.2) is 9.97 Å². The van der Waals surface area contributed by atoms with Crippen LogP contribution in [0, 0.1) is 6.92 Å². The quantitative estimate of drug-likeness (QED) is 0.860. The zero-order valence-electron chi connectivity index (χ0n) is 11.9. The van der Waals surface area contributed by atoms with Crippen molar-refractivity contribution in [1.82, 2.24) is 15.3 Å². The van der Waals surface area contributed by atoms with Gasteiger partial charge in [-0.3, -0.25) is 0 Å². The Kier molecular flexibility index (Phi) is 3.55. The van der Waals surface area contributed by atoms with E-state index >= 15 is 0 Å². The lowest BCUT2D eigenvalue weighted by Gasteiger charge is -2.30. The summed E-state index contributed by atoms with van der Waals surface area (Å²) in [6.45, 7) is 9.30. The molecule has 0 spiro atoms. The van der Waals surface area contributed by atoms with Crippen molar-refractivity contribution >= 4 is 11.6 Å². The number of aromatic nitrogens is 2. The van der Waals surface area contributed by atoms with E-state index in [0.717, 1.165) is 50.2 Å². The molecule has 2 aliphatic rings. The molecule has 2 N–H and O–H groups in total. The third-order valence-corrected chi connectivity index (χ3v) is 3.84. The third kappa shape index (κ3) is 2.66. The first kappa shape index (κ1) is 12.7. The highest BCUT2D eigenvalue weighted by Gasteiger charge is 2.29. The van der Waals surface area contributed by atoms with Gasteiger partial charge in [-0.2, -0.15) is 0 Å². The molecule has 1 aromatic heterocycles. The van der Waals surface area contributed by atoms with Crippen molar-refractivity contribution in [1.29, 1.82) is 0 Å². The number of rotatable bonds is 4. The van der Waals surface area contributed by atoms with E-state index in [1.165, 1.54) is 18.4 Å². The van der Waals surface area contributed by atoms with E-state index in [1.54, 1.807) is 0 Å². The minimum atomic E-state index is 0.597. The van der Waals surface area contributed by atoms with Crippen LogP contribution in [-0.2, 0) is 0 Å². The topological polar surface area (TPSA) is 53.1 Å². The Morgan fingerprint density at radius 1 is 1.26 bits per heavy atom. The Morgan fingerprint density at radius 2 is 2.00 bits per heavy atom. The normalized spacial score (nSPS) is 19.6. The standard InChI is InChI=1S/C14H23N5/c1-3-16-12-10(2)14(19-8-6-15-7-9-19)18-13(17-12)11-4-5-11/h11,15H,3-9H2,1-2H3,(H,16,17,18). The van der Waals surface area contributed by atoms with E-state index in [-0.39, 0.29) is 0 Å². The fourth-order valence-electron chi connectivity index (χ4n) is 2.57. The molecular formula is C14H23N5. The van der Waals surface area contributed by atoms with Gasteiger partial charge in [0.15, 0.2) is 0 Å². The van der Waals surface area contributed by atoms with Gasteiger partial charge in [0, 0.05) is 44.2 Å². The van der Waals surface area contributed by atoms with E-state index in [1.807, 2.05) is 0 Å². The van der Waals surface area contributed by atoms with Gasteiger partial charge in [0.25, 0.3) is 0 Å². The molecule has 19 heavy (non-hydrogen) atoms. The van der Waals surface area contributed by atoms with Gasteiger partial charge >= 0.3 is 0 Å². The first-order valence-corrected chi connectivity index (χ1v) is 7.37. The highest BCUT2D eigenvalue weighted by molar-refractivity contribution is 5.59. The molecule has 5 nitrogen and oxygen atoms in total. The minimum absolute atomic E-state index is 0.597. The summed E-state index contributed by atoms with van der Waals surface area (Å²) in [4.78, 5) is 12.0. The van der Waals surface area contributed by atoms with Crippen LogP contribution in [0.2, 0.25) is 0 Å². The second kappa shape index (κ2) is 5.33. The summed E-state index contributed by atoms with van der Waals surface area (Å²) in [5.74, 6) is 3.79. The average molecular weight is 261 g/mol. The van der Waals surface area contributed by atoms with Gasteiger partial charge in [-0.1, -0.05) is 0 Å². The molecule has 0 amide bonds. The highest BCUT2D eigenvalue weighted by atomic mass is 15.2. The summed E-state index contributed by atoms with van der Waals surface area (Å²) >= 11 is 0. The molecule has 0 aromatic carbocycles. The molecule has 2 fully saturated rings. The minimum Gasteiger partial charge on any atom is -0.370 e. The SMILES string of the molecule is CCNc1nc(C2CC2)nc(N2CCNCC2)c1C. The Labute approximate surface area is 114 Å². The molecule has 0 unspecified atom stereocenters. The molecule has 1 aliphatic carbocycles. The molecule has 0 radical (unpaired) electrons. The zero-order valence-corrected chi connectivity index (χ0v) is 11.9. The van der Waals surface area contributed by atoms with Gasteiger partial charge < -0.3 is 15.5 Å². The summed E-state index contributed by atoms with van der Waals surface area (Å²) in [6, 6.07) is 0. The fourth-order valence-corrected chi connectivity index (χ4v) is 2.57. The van der Waals surface area contributed by atoms with Crippen molar-refractivity contribution in [3.8, 4) is 0 Å². The first-order chi connectivity index (χ1) is 9.29. The van der Waals surface area contributed by atoms with Crippen LogP contribution in [0.5, 0.6) is 0 Å². The molecule has 1 saturated carbocycles. The fraction of sp³-hybridized carbons (Fsp3) is 0.714. The van der Waals surface area contributed by atoms with Gasteiger partial charge in [0.2, 0.25) is 0 Å². The van der Waals surface area contributed by atoms with Crippen LogP contribution in [0.25, 0.3) is 0 Å². The number of anilines is 2. The Hall–Kier alpha value is -1.36. The zero-order chi connectivity index (χ0) is 13.2. The van der Waals surface area contributed by atoms with E-state index in [9.17, 15) is 0 Å². The maximum atomic E-state index is 4.85. The van der Waals surface area contributed by atoms with Crippen molar-refractivity contribution in [3.63, 3.8) is 0 Å². The van der Waals surface area contributed by atoms with Gasteiger partial charge in [0.1, 0.15) is 17.5 Å². The third-order valence-electron chi connectivity index (χ3n) is 3.84. The second-order valence-corrected chi connectivity index (χ2v) is 5.42. The van der Waals surface area contributed by atoms with Crippen molar-refractivity contribution in [3.05, 3.63) is 11.4 Å². The van der Waals surface area contributed by atoms with Crippen LogP contribution in [-0.4, -0.2) is 42.7 Å². The van der Waals surface area contributed by atoms with E-state index in [4.69, 9.17) is 9.97 Å². The Morgan fingerprint density at radius 3 is 2.63 bits per heavy atom. The monoisotopic (exact) mass is 261 g/mol. The van der Waals surface area contributed by atoms with Crippen LogP contribution in [0.4, 0.5) is 11.6 Å². The summed E-state index contributed by atoms with van der Waals surface area (Å²) in [5, 5.41) is 6.78. The molecule has 0 atom stereocenters. The lowest BCUT2D eigenvalue weighted by atomic mass is 10.2. The molecule has 104 valence electrons. The number of piperazine rings is 1. The van der Waals surface area contributed by atoms with Crippen LogP contribution in [0.3, 0.4) is 0 Å². The predicted octanol–water partition coefficient (Wildman–Crippen LogP) is 1.50. The smallest absolute Gasteiger partial charge is 0.137 e. The summed E-state index contributed by atoms with van der Waals surface area (Å²) < 4.78 is 0. The maximum Gasteiger partial charge on any atom is 0.137 e. The second-order valence-electron chi connectivity index (χ2n) is 5.42. The highest BCUT2D eigenvalue weighted by Crippen LogP contribution is 2.40. The predicted molar refractivity (Wildman–Crippen MR) is 78.0 cm³/mol. The molecule has 2 heterocycles. The van der Waals surface area contributed by atoms with Crippen molar-refractivity contribution in [2.24, 2.45) is 0 Å². The number of hydrogen-bond donors (Lipinski definition) is 2. The van der Waals surface area contributed by atoms with Crippen molar-refractivity contribution in [2.75, 3.05) is 42.9 Å². The lowest BCUT2D eigenvalue weighted by molar-refractivity contribution is 0.582. The molecular weight excluding hydrogens is 238 g/mol. The van der Waals surface area contributed by atoms with E-state index in [0.29, 0.717) is 5.92 Å². The number of nitrogens with one attached hydrogen (secondary N) is 2. The Balaban J connectivity index is 1.95. The summed E-state index contributed by atoms with van der Waals surface area (Å²) in [6.07, 6.45) is 2.49. The van der Waals surface area contributed by atoms with E-state index in [2.05, 4.69) is 29.4 Å². The number of nitrogens with zero attached hydrogens (tertiary/aromatic N) is 3. The van der Waals surface area contributed by atoms with Gasteiger partial charge in [0.05, 0.1) is 0 Å². The van der Waals surface area contributed by atoms with Crippen LogP contribution in [0.1, 0.15) is 37.1 Å². The molecule has 5 heteroatoms. The average Bonchev–Trinajstić information content (AvgIpc) is 3.27. The van der Waals surface area contributed by atoms with Gasteiger partial charge in [-0.05, 0) is 26.7 Å². The summed E-state index contributed by atoms with van der Waals surface area (Å²) in [5.41, 5.74) is 1.19. The van der Waals surface area contributed by atoms with Crippen LogP contribution in [0.15, 0.2) is 0 Å². The molecule has 1 saturated heterocycles. The van der Waals surface area contributed by atoms with E-state index < -0.39 is 0 Å². The summed E-state index contributed by atoms with van der Waals surface area (Å²) in [7, 11) is 0. The first-order valence-electron chi connectivity index (χ1n) is 7.37. The molecule has 3 rings (SSSR count). The van der Waals surface area contributed by atoms with Crippen LogP contribution >= 0.6 is 0 Å². The molecule has 1 aromatic rings. The molecule has 0 bridgehead atoms. The maximum absolute atomic E-state index is 4.85. The van der Waals surface area contributed by atoms with Crippen molar-refractivity contribution < 1.29 is 0 Å². The van der Waals surface area contributed by atoms with Crippen LogP contribution < -0.4 is 15.5 Å². The molecule has 1 aliphatic heterocycles. The van der Waals surface area contributed by atoms with Crippen molar-refractivity contribution in [2.45, 2.75) is 32.6 Å². The Bertz CT molecular complexity index is 449.